The number of nitrogens with zero attached hydrogens (tertiary/aromatic N) is 3. The van der Waals surface area contributed by atoms with Crippen molar-refractivity contribution in [1.29, 1.82) is 0 Å². The number of carbonyl (C=O) groups is 1. The Labute approximate surface area is 162 Å². The van der Waals surface area contributed by atoms with Gasteiger partial charge in [0, 0.05) is 11.3 Å². The molecule has 2 aromatic carbocycles. The first-order chi connectivity index (χ1) is 13.0. The molecule has 1 amide bonds. The number of amides is 1. The highest BCUT2D eigenvalue weighted by Gasteiger charge is 2.22. The molecular weight excluding hydrogens is 360 g/mol. The van der Waals surface area contributed by atoms with Crippen molar-refractivity contribution >= 4 is 23.4 Å². The molecule has 0 atom stereocenters. The van der Waals surface area contributed by atoms with Crippen LogP contribution in [0.2, 0.25) is 0 Å². The van der Waals surface area contributed by atoms with Crippen LogP contribution in [0.15, 0.2) is 42.5 Å². The van der Waals surface area contributed by atoms with E-state index in [2.05, 4.69) is 15.6 Å². The number of methoxy groups -OCH3 is 1. The molecule has 0 bridgehead atoms. The van der Waals surface area contributed by atoms with Crippen molar-refractivity contribution in [1.82, 2.24) is 15.0 Å². The number of carbonyl (C=O) groups excluding carboxylic acids is 1. The predicted octanol–water partition coefficient (Wildman–Crippen LogP) is 4.14. The lowest BCUT2D eigenvalue weighted by Crippen LogP contribution is -2.19. The Morgan fingerprint density at radius 3 is 2.59 bits per heavy atom. The lowest BCUT2D eigenvalue weighted by molar-refractivity contribution is 0.101. The Bertz CT molecular complexity index is 951. The highest BCUT2D eigenvalue weighted by atomic mass is 32.2. The van der Waals surface area contributed by atoms with Crippen LogP contribution < -0.4 is 10.1 Å². The number of hydrogen-bond donors (Lipinski definition) is 1. The van der Waals surface area contributed by atoms with Crippen LogP contribution >= 0.6 is 11.8 Å². The zero-order valence-corrected chi connectivity index (χ0v) is 16.6. The number of anilines is 1. The Kier molecular flexibility index (Phi) is 5.81. The molecule has 27 heavy (non-hydrogen) atoms. The molecule has 0 saturated heterocycles. The van der Waals surface area contributed by atoms with Crippen LogP contribution in [0.1, 0.15) is 21.6 Å². The number of rotatable bonds is 6. The summed E-state index contributed by atoms with van der Waals surface area (Å²) >= 11 is 1.57. The van der Waals surface area contributed by atoms with Gasteiger partial charge in [-0.2, -0.15) is 0 Å². The largest absolute Gasteiger partial charge is 0.497 e. The van der Waals surface area contributed by atoms with E-state index in [0.29, 0.717) is 17.3 Å². The van der Waals surface area contributed by atoms with Crippen LogP contribution in [0.25, 0.3) is 11.3 Å². The van der Waals surface area contributed by atoms with Crippen LogP contribution in [0.5, 0.6) is 5.75 Å². The van der Waals surface area contributed by atoms with E-state index in [0.717, 1.165) is 28.1 Å². The quantitative estimate of drug-likeness (QED) is 0.694. The number of ether oxygens (including phenoxy) is 1. The minimum Gasteiger partial charge on any atom is -0.497 e. The van der Waals surface area contributed by atoms with Gasteiger partial charge < -0.3 is 10.1 Å². The fourth-order valence-corrected chi connectivity index (χ4v) is 3.19. The summed E-state index contributed by atoms with van der Waals surface area (Å²) in [7, 11) is 1.62. The summed E-state index contributed by atoms with van der Waals surface area (Å²) in [6.45, 7) is 4.01. The summed E-state index contributed by atoms with van der Waals surface area (Å²) in [5.41, 5.74) is 4.76. The predicted molar refractivity (Wildman–Crippen MR) is 109 cm³/mol. The molecular formula is C20H22N4O2S. The molecule has 1 N–H and O–H groups in total. The second-order valence-electron chi connectivity index (χ2n) is 6.13. The Morgan fingerprint density at radius 1 is 1.19 bits per heavy atom. The molecule has 140 valence electrons. The number of thioether (sulfide) groups is 1. The Balaban J connectivity index is 2.00. The van der Waals surface area contributed by atoms with Crippen LogP contribution in [-0.2, 0) is 5.88 Å². The monoisotopic (exact) mass is 382 g/mol. The first-order valence-electron chi connectivity index (χ1n) is 8.49. The summed E-state index contributed by atoms with van der Waals surface area (Å²) in [4.78, 5) is 13.1. The summed E-state index contributed by atoms with van der Waals surface area (Å²) in [5.74, 6) is 1.06. The van der Waals surface area contributed by atoms with Crippen LogP contribution in [0.3, 0.4) is 0 Å². The molecule has 0 unspecified atom stereocenters. The first kappa shape index (κ1) is 19.0. The van der Waals surface area contributed by atoms with Crippen LogP contribution in [-0.4, -0.2) is 34.3 Å². The van der Waals surface area contributed by atoms with Gasteiger partial charge in [-0.3, -0.25) is 4.79 Å². The second kappa shape index (κ2) is 8.26. The van der Waals surface area contributed by atoms with Crippen molar-refractivity contribution < 1.29 is 9.53 Å². The lowest BCUT2D eigenvalue weighted by atomic mass is 10.1. The smallest absolute Gasteiger partial charge is 0.276 e. The van der Waals surface area contributed by atoms with Crippen molar-refractivity contribution in [2.24, 2.45) is 0 Å². The van der Waals surface area contributed by atoms with Gasteiger partial charge in [-0.05, 0) is 61.6 Å². The normalized spacial score (nSPS) is 10.7. The van der Waals surface area contributed by atoms with E-state index in [1.54, 1.807) is 23.6 Å². The molecule has 0 aliphatic rings. The van der Waals surface area contributed by atoms with Gasteiger partial charge in [0.15, 0.2) is 5.69 Å². The molecule has 0 spiro atoms. The van der Waals surface area contributed by atoms with E-state index < -0.39 is 0 Å². The zero-order chi connectivity index (χ0) is 19.4. The standard InChI is InChI=1S/C20H22N4O2S/c1-13-6-5-7-17(14(13)2)21-20(25)19-18(22-23-24(19)12-27-4)15-8-10-16(26-3)11-9-15/h5-11H,12H2,1-4H3,(H,21,25). The highest BCUT2D eigenvalue weighted by molar-refractivity contribution is 7.97. The number of hydrogen-bond acceptors (Lipinski definition) is 5. The van der Waals surface area contributed by atoms with E-state index in [-0.39, 0.29) is 5.91 Å². The molecule has 7 heteroatoms. The lowest BCUT2D eigenvalue weighted by Gasteiger charge is -2.12. The maximum Gasteiger partial charge on any atom is 0.276 e. The number of nitrogens with one attached hydrogen (secondary N) is 1. The van der Waals surface area contributed by atoms with E-state index in [1.807, 2.05) is 62.6 Å². The van der Waals surface area contributed by atoms with E-state index >= 15 is 0 Å². The number of benzene rings is 2. The van der Waals surface area contributed by atoms with Gasteiger partial charge in [-0.25, -0.2) is 4.68 Å². The summed E-state index contributed by atoms with van der Waals surface area (Å²) < 4.78 is 6.84. The number of aromatic nitrogens is 3. The third kappa shape index (κ3) is 3.98. The molecule has 3 aromatic rings. The second-order valence-corrected chi connectivity index (χ2v) is 6.97. The van der Waals surface area contributed by atoms with Crippen molar-refractivity contribution in [3.63, 3.8) is 0 Å². The fourth-order valence-electron chi connectivity index (χ4n) is 2.76. The molecule has 0 saturated carbocycles. The summed E-state index contributed by atoms with van der Waals surface area (Å²) in [6.07, 6.45) is 1.96. The van der Waals surface area contributed by atoms with Gasteiger partial charge in [-0.1, -0.05) is 17.3 Å². The Morgan fingerprint density at radius 2 is 1.93 bits per heavy atom. The zero-order valence-electron chi connectivity index (χ0n) is 15.8. The molecule has 6 nitrogen and oxygen atoms in total. The Hall–Kier alpha value is -2.80. The third-order valence-corrected chi connectivity index (χ3v) is 4.92. The molecule has 3 rings (SSSR count). The molecule has 0 radical (unpaired) electrons. The van der Waals surface area contributed by atoms with Gasteiger partial charge in [0.05, 0.1) is 13.0 Å². The van der Waals surface area contributed by atoms with Crippen LogP contribution in [0.4, 0.5) is 5.69 Å². The topological polar surface area (TPSA) is 69.0 Å². The van der Waals surface area contributed by atoms with Crippen molar-refractivity contribution in [2.75, 3.05) is 18.7 Å². The highest BCUT2D eigenvalue weighted by Crippen LogP contribution is 2.26. The summed E-state index contributed by atoms with van der Waals surface area (Å²) in [5, 5.41) is 11.5. The SMILES string of the molecule is COc1ccc(-c2nnn(CSC)c2C(=O)Nc2cccc(C)c2C)cc1. The van der Waals surface area contributed by atoms with E-state index in [1.165, 1.54) is 0 Å². The average molecular weight is 382 g/mol. The van der Waals surface area contributed by atoms with E-state index in [4.69, 9.17) is 4.74 Å². The van der Waals surface area contributed by atoms with Gasteiger partial charge in [0.2, 0.25) is 0 Å². The van der Waals surface area contributed by atoms with E-state index in [9.17, 15) is 4.79 Å². The molecule has 1 heterocycles. The molecule has 1 aromatic heterocycles. The first-order valence-corrected chi connectivity index (χ1v) is 9.89. The minimum atomic E-state index is -0.228. The van der Waals surface area contributed by atoms with Crippen molar-refractivity contribution in [2.45, 2.75) is 19.7 Å². The molecule has 0 aliphatic carbocycles. The number of aryl methyl sites for hydroxylation is 1. The van der Waals surface area contributed by atoms with Gasteiger partial charge in [0.1, 0.15) is 11.4 Å². The minimum absolute atomic E-state index is 0.228. The average Bonchev–Trinajstić information content (AvgIpc) is 3.09. The van der Waals surface area contributed by atoms with Gasteiger partial charge in [0.25, 0.3) is 5.91 Å². The maximum atomic E-state index is 13.1. The molecule has 0 fully saturated rings. The summed E-state index contributed by atoms with van der Waals surface area (Å²) in [6, 6.07) is 13.3. The van der Waals surface area contributed by atoms with Crippen molar-refractivity contribution in [3.8, 4) is 17.0 Å². The van der Waals surface area contributed by atoms with Gasteiger partial charge in [-0.15, -0.1) is 16.9 Å². The van der Waals surface area contributed by atoms with Gasteiger partial charge >= 0.3 is 0 Å². The van der Waals surface area contributed by atoms with Crippen LogP contribution in [0, 0.1) is 13.8 Å². The third-order valence-electron chi connectivity index (χ3n) is 4.42. The fraction of sp³-hybridized carbons (Fsp3) is 0.250. The van der Waals surface area contributed by atoms with Crippen molar-refractivity contribution in [3.05, 3.63) is 59.3 Å². The molecule has 0 aliphatic heterocycles. The maximum absolute atomic E-state index is 13.1.